The van der Waals surface area contributed by atoms with Gasteiger partial charge in [0.25, 0.3) is 0 Å². The molecule has 0 aliphatic rings. The van der Waals surface area contributed by atoms with Gasteiger partial charge < -0.3 is 10.9 Å². The maximum Gasteiger partial charge on any atom is 0.0431 e. The van der Waals surface area contributed by atoms with E-state index in [1.807, 2.05) is 6.92 Å². The van der Waals surface area contributed by atoms with Crippen molar-refractivity contribution in [2.24, 2.45) is 10.9 Å². The minimum absolute atomic E-state index is 0.262. The standard InChI is InChI=1S/C6H14N2O/c1-6(8-7)4-2-3-5-9/h9H,2-5,7H2,1H3/b8-6+. The van der Waals surface area contributed by atoms with Crippen LogP contribution in [0.25, 0.3) is 0 Å². The van der Waals surface area contributed by atoms with E-state index in [9.17, 15) is 0 Å². The first kappa shape index (κ1) is 8.43. The summed E-state index contributed by atoms with van der Waals surface area (Å²) in [5.41, 5.74) is 0.948. The molecule has 0 bridgehead atoms. The van der Waals surface area contributed by atoms with Crippen molar-refractivity contribution in [3.05, 3.63) is 0 Å². The quantitative estimate of drug-likeness (QED) is 0.252. The fraction of sp³-hybridized carbons (Fsp3) is 0.833. The molecule has 0 saturated carbocycles. The third kappa shape index (κ3) is 5.30. The minimum atomic E-state index is 0.262. The number of nitrogens with zero attached hydrogens (tertiary/aromatic N) is 1. The first-order chi connectivity index (χ1) is 4.31. The SMILES string of the molecule is C/C(CCCCO)=N\N. The van der Waals surface area contributed by atoms with E-state index < -0.39 is 0 Å². The predicted molar refractivity (Wildman–Crippen MR) is 38.2 cm³/mol. The van der Waals surface area contributed by atoms with Gasteiger partial charge in [0.2, 0.25) is 0 Å². The van der Waals surface area contributed by atoms with Gasteiger partial charge in [-0.2, -0.15) is 5.10 Å². The van der Waals surface area contributed by atoms with E-state index in [4.69, 9.17) is 10.9 Å². The van der Waals surface area contributed by atoms with Gasteiger partial charge in [0.15, 0.2) is 0 Å². The molecule has 0 aromatic heterocycles. The van der Waals surface area contributed by atoms with E-state index in [2.05, 4.69) is 5.10 Å². The molecule has 0 aromatic carbocycles. The van der Waals surface area contributed by atoms with Crippen LogP contribution in [0.5, 0.6) is 0 Å². The summed E-state index contributed by atoms with van der Waals surface area (Å²) >= 11 is 0. The minimum Gasteiger partial charge on any atom is -0.396 e. The van der Waals surface area contributed by atoms with Gasteiger partial charge in [0.05, 0.1) is 0 Å². The van der Waals surface area contributed by atoms with Crippen molar-refractivity contribution in [2.45, 2.75) is 26.2 Å². The second-order valence-electron chi connectivity index (χ2n) is 2.05. The normalized spacial score (nSPS) is 12.0. The molecule has 0 atom stereocenters. The van der Waals surface area contributed by atoms with Crippen molar-refractivity contribution < 1.29 is 5.11 Å². The highest BCUT2D eigenvalue weighted by Crippen LogP contribution is 1.94. The Bertz CT molecular complexity index is 91.1. The van der Waals surface area contributed by atoms with Crippen LogP contribution in [0.1, 0.15) is 26.2 Å². The van der Waals surface area contributed by atoms with Crippen molar-refractivity contribution in [1.82, 2.24) is 0 Å². The highest BCUT2D eigenvalue weighted by atomic mass is 16.2. The first-order valence-corrected chi connectivity index (χ1v) is 3.15. The summed E-state index contributed by atoms with van der Waals surface area (Å²) in [4.78, 5) is 0. The van der Waals surface area contributed by atoms with Gasteiger partial charge in [-0.3, -0.25) is 0 Å². The Morgan fingerprint density at radius 2 is 2.22 bits per heavy atom. The number of aliphatic hydroxyl groups is 1. The van der Waals surface area contributed by atoms with Crippen LogP contribution in [0, 0.1) is 0 Å². The number of rotatable bonds is 4. The van der Waals surface area contributed by atoms with Crippen molar-refractivity contribution in [3.63, 3.8) is 0 Å². The second kappa shape index (κ2) is 5.56. The monoisotopic (exact) mass is 130 g/mol. The average Bonchev–Trinajstić information content (AvgIpc) is 1.89. The lowest BCUT2D eigenvalue weighted by Crippen LogP contribution is -1.96. The van der Waals surface area contributed by atoms with Crippen LogP contribution in [0.4, 0.5) is 0 Å². The Morgan fingerprint density at radius 1 is 1.56 bits per heavy atom. The average molecular weight is 130 g/mol. The molecule has 0 heterocycles. The molecule has 0 fully saturated rings. The molecule has 0 saturated heterocycles. The number of hydrogen-bond donors (Lipinski definition) is 2. The molecule has 0 aliphatic heterocycles. The number of hydrazone groups is 1. The molecule has 0 radical (unpaired) electrons. The Balaban J connectivity index is 3.07. The van der Waals surface area contributed by atoms with E-state index in [1.165, 1.54) is 0 Å². The zero-order valence-electron chi connectivity index (χ0n) is 5.80. The van der Waals surface area contributed by atoms with E-state index in [0.717, 1.165) is 25.0 Å². The summed E-state index contributed by atoms with van der Waals surface area (Å²) in [5, 5.41) is 11.9. The molecule has 54 valence electrons. The van der Waals surface area contributed by atoms with E-state index in [0.29, 0.717) is 0 Å². The van der Waals surface area contributed by atoms with Gasteiger partial charge in [-0.1, -0.05) is 0 Å². The molecule has 0 unspecified atom stereocenters. The van der Waals surface area contributed by atoms with Gasteiger partial charge in [0.1, 0.15) is 0 Å². The molecule has 0 spiro atoms. The first-order valence-electron chi connectivity index (χ1n) is 3.15. The van der Waals surface area contributed by atoms with Crippen LogP contribution in [-0.4, -0.2) is 17.4 Å². The van der Waals surface area contributed by atoms with Crippen molar-refractivity contribution in [1.29, 1.82) is 0 Å². The third-order valence-electron chi connectivity index (χ3n) is 1.17. The molecule has 0 aromatic rings. The molecule has 0 rings (SSSR count). The molecule has 0 aliphatic carbocycles. The third-order valence-corrected chi connectivity index (χ3v) is 1.17. The summed E-state index contributed by atoms with van der Waals surface area (Å²) in [5.74, 6) is 4.98. The van der Waals surface area contributed by atoms with Crippen LogP contribution in [0.3, 0.4) is 0 Å². The van der Waals surface area contributed by atoms with E-state index >= 15 is 0 Å². The summed E-state index contributed by atoms with van der Waals surface area (Å²) in [7, 11) is 0. The summed E-state index contributed by atoms with van der Waals surface area (Å²) in [6.45, 7) is 2.15. The Morgan fingerprint density at radius 3 is 2.67 bits per heavy atom. The highest BCUT2D eigenvalue weighted by molar-refractivity contribution is 5.81. The number of unbranched alkanes of at least 4 members (excludes halogenated alkanes) is 1. The van der Waals surface area contributed by atoms with Crippen LogP contribution < -0.4 is 5.84 Å². The Kier molecular flexibility index (Phi) is 5.21. The maximum absolute atomic E-state index is 8.38. The lowest BCUT2D eigenvalue weighted by Gasteiger charge is -1.95. The van der Waals surface area contributed by atoms with Gasteiger partial charge in [0, 0.05) is 12.3 Å². The highest BCUT2D eigenvalue weighted by Gasteiger charge is 1.89. The Labute approximate surface area is 55.6 Å². The fourth-order valence-electron chi connectivity index (χ4n) is 0.557. The van der Waals surface area contributed by atoms with Gasteiger partial charge >= 0.3 is 0 Å². The van der Waals surface area contributed by atoms with E-state index in [-0.39, 0.29) is 6.61 Å². The topological polar surface area (TPSA) is 58.6 Å². The molecule has 3 N–H and O–H groups in total. The van der Waals surface area contributed by atoms with Crippen molar-refractivity contribution in [2.75, 3.05) is 6.61 Å². The van der Waals surface area contributed by atoms with Crippen LogP contribution in [0.15, 0.2) is 5.10 Å². The lowest BCUT2D eigenvalue weighted by molar-refractivity contribution is 0.285. The van der Waals surface area contributed by atoms with Gasteiger partial charge in [-0.15, -0.1) is 0 Å². The number of nitrogens with two attached hydrogens (primary N) is 1. The van der Waals surface area contributed by atoms with E-state index in [1.54, 1.807) is 0 Å². The second-order valence-corrected chi connectivity index (χ2v) is 2.05. The number of hydrogen-bond acceptors (Lipinski definition) is 3. The maximum atomic E-state index is 8.38. The van der Waals surface area contributed by atoms with Crippen LogP contribution in [0.2, 0.25) is 0 Å². The smallest absolute Gasteiger partial charge is 0.0431 e. The zero-order valence-corrected chi connectivity index (χ0v) is 5.80. The fourth-order valence-corrected chi connectivity index (χ4v) is 0.557. The molecular formula is C6H14N2O. The van der Waals surface area contributed by atoms with Gasteiger partial charge in [-0.05, 0) is 26.2 Å². The number of aliphatic hydroxyl groups excluding tert-OH is 1. The van der Waals surface area contributed by atoms with Crippen molar-refractivity contribution in [3.8, 4) is 0 Å². The molecule has 0 amide bonds. The molecule has 9 heavy (non-hydrogen) atoms. The van der Waals surface area contributed by atoms with Gasteiger partial charge in [-0.25, -0.2) is 0 Å². The molecule has 3 nitrogen and oxygen atoms in total. The lowest BCUT2D eigenvalue weighted by atomic mass is 10.2. The molecular weight excluding hydrogens is 116 g/mol. The van der Waals surface area contributed by atoms with Crippen molar-refractivity contribution >= 4 is 5.71 Å². The zero-order chi connectivity index (χ0) is 7.11. The summed E-state index contributed by atoms with van der Waals surface area (Å²) in [6.07, 6.45) is 2.72. The molecule has 3 heteroatoms. The largest absolute Gasteiger partial charge is 0.396 e. The summed E-state index contributed by atoms with van der Waals surface area (Å²) in [6, 6.07) is 0. The Hall–Kier alpha value is -0.570. The van der Waals surface area contributed by atoms with Crippen LogP contribution >= 0.6 is 0 Å². The summed E-state index contributed by atoms with van der Waals surface area (Å²) < 4.78 is 0. The predicted octanol–water partition coefficient (Wildman–Crippen LogP) is 0.484. The van der Waals surface area contributed by atoms with Crippen LogP contribution in [-0.2, 0) is 0 Å².